The molecule has 2 aromatic rings. The minimum Gasteiger partial charge on any atom is -0.351 e. The van der Waals surface area contributed by atoms with Gasteiger partial charge in [-0.2, -0.15) is 5.10 Å². The standard InChI is InChI=1S/C20H27N5O/c1-25-12-16(17(13-25)21-20(26)15-10-6-3-7-11-15)19-22-18(23-24-19)14-8-4-2-5-9-14/h2,4-5,8-9,15-17H,3,6-7,10-13H2,1H3,(H,21,26)(H,22,23,24)/t16-,17-/m1/s1. The number of nitrogens with zero attached hydrogens (tertiary/aromatic N) is 3. The molecule has 0 bridgehead atoms. The van der Waals surface area contributed by atoms with Gasteiger partial charge in [0.1, 0.15) is 5.82 Å². The summed E-state index contributed by atoms with van der Waals surface area (Å²) in [6, 6.07) is 10.1. The smallest absolute Gasteiger partial charge is 0.223 e. The first kappa shape index (κ1) is 17.2. The normalized spacial score (nSPS) is 24.7. The molecule has 6 heteroatoms. The zero-order chi connectivity index (χ0) is 17.9. The van der Waals surface area contributed by atoms with E-state index >= 15 is 0 Å². The first-order valence-electron chi connectivity index (χ1n) is 9.67. The summed E-state index contributed by atoms with van der Waals surface area (Å²) in [5.41, 5.74) is 1.00. The van der Waals surface area contributed by atoms with E-state index in [-0.39, 0.29) is 23.8 Å². The SMILES string of the molecule is CN1C[C@@H](NC(=O)C2CCCCC2)[C@H](c2nc(-c3ccccc3)n[nH]2)C1. The number of likely N-dealkylation sites (tertiary alicyclic amines) is 1. The molecule has 0 radical (unpaired) electrons. The van der Waals surface area contributed by atoms with E-state index in [0.29, 0.717) is 5.82 Å². The van der Waals surface area contributed by atoms with Gasteiger partial charge >= 0.3 is 0 Å². The van der Waals surface area contributed by atoms with Crippen molar-refractivity contribution in [2.24, 2.45) is 5.92 Å². The van der Waals surface area contributed by atoms with E-state index < -0.39 is 0 Å². The van der Waals surface area contributed by atoms with Crippen molar-refractivity contribution in [1.29, 1.82) is 0 Å². The molecule has 2 N–H and O–H groups in total. The third-order valence-electron chi connectivity index (χ3n) is 5.69. The second-order valence-corrected chi connectivity index (χ2v) is 7.69. The highest BCUT2D eigenvalue weighted by Gasteiger charge is 2.36. The number of hydrogen-bond donors (Lipinski definition) is 2. The summed E-state index contributed by atoms with van der Waals surface area (Å²) in [7, 11) is 2.09. The van der Waals surface area contributed by atoms with E-state index in [1.54, 1.807) is 0 Å². The van der Waals surface area contributed by atoms with Crippen molar-refractivity contribution in [3.8, 4) is 11.4 Å². The number of aromatic nitrogens is 3. The molecule has 2 fully saturated rings. The summed E-state index contributed by atoms with van der Waals surface area (Å²) >= 11 is 0. The first-order chi connectivity index (χ1) is 12.7. The molecule has 1 saturated heterocycles. The van der Waals surface area contributed by atoms with Gasteiger partial charge in [-0.05, 0) is 19.9 Å². The Morgan fingerprint density at radius 2 is 1.92 bits per heavy atom. The van der Waals surface area contributed by atoms with Crippen molar-refractivity contribution >= 4 is 5.91 Å². The van der Waals surface area contributed by atoms with E-state index in [0.717, 1.165) is 37.3 Å². The van der Waals surface area contributed by atoms with Gasteiger partial charge in [-0.25, -0.2) is 4.98 Å². The van der Waals surface area contributed by atoms with Crippen LogP contribution in [-0.2, 0) is 4.79 Å². The first-order valence-corrected chi connectivity index (χ1v) is 9.67. The number of aromatic amines is 1. The zero-order valence-electron chi connectivity index (χ0n) is 15.3. The van der Waals surface area contributed by atoms with Gasteiger partial charge in [0.25, 0.3) is 0 Å². The number of benzene rings is 1. The number of carbonyl (C=O) groups is 1. The van der Waals surface area contributed by atoms with E-state index in [2.05, 4.69) is 27.5 Å². The Labute approximate surface area is 154 Å². The number of likely N-dealkylation sites (N-methyl/N-ethyl adjacent to an activating group) is 1. The van der Waals surface area contributed by atoms with Gasteiger partial charge in [-0.1, -0.05) is 49.6 Å². The van der Waals surface area contributed by atoms with Crippen molar-refractivity contribution in [2.75, 3.05) is 20.1 Å². The number of nitrogens with one attached hydrogen (secondary N) is 2. The highest BCUT2D eigenvalue weighted by molar-refractivity contribution is 5.79. The van der Waals surface area contributed by atoms with Gasteiger partial charge in [0.15, 0.2) is 5.82 Å². The number of hydrogen-bond acceptors (Lipinski definition) is 4. The third kappa shape index (κ3) is 3.65. The number of amides is 1. The van der Waals surface area contributed by atoms with Crippen LogP contribution in [0.2, 0.25) is 0 Å². The highest BCUT2D eigenvalue weighted by atomic mass is 16.2. The molecule has 1 amide bonds. The molecule has 1 aromatic heterocycles. The van der Waals surface area contributed by atoms with Crippen molar-refractivity contribution < 1.29 is 4.79 Å². The van der Waals surface area contributed by atoms with Crippen LogP contribution in [-0.4, -0.2) is 52.2 Å². The Morgan fingerprint density at radius 1 is 1.15 bits per heavy atom. The van der Waals surface area contributed by atoms with Crippen LogP contribution in [0.3, 0.4) is 0 Å². The second kappa shape index (κ2) is 7.58. The van der Waals surface area contributed by atoms with Crippen LogP contribution in [0.1, 0.15) is 43.8 Å². The van der Waals surface area contributed by atoms with Gasteiger partial charge in [-0.3, -0.25) is 9.89 Å². The Morgan fingerprint density at radius 3 is 2.69 bits per heavy atom. The quantitative estimate of drug-likeness (QED) is 0.886. The van der Waals surface area contributed by atoms with Gasteiger partial charge < -0.3 is 10.2 Å². The topological polar surface area (TPSA) is 73.9 Å². The monoisotopic (exact) mass is 353 g/mol. The lowest BCUT2D eigenvalue weighted by Crippen LogP contribution is -2.43. The fourth-order valence-corrected chi connectivity index (χ4v) is 4.25. The average Bonchev–Trinajstić information content (AvgIpc) is 3.30. The molecule has 1 saturated carbocycles. The Hall–Kier alpha value is -2.21. The van der Waals surface area contributed by atoms with Crippen LogP contribution in [0.15, 0.2) is 30.3 Å². The van der Waals surface area contributed by atoms with Gasteiger partial charge in [-0.15, -0.1) is 0 Å². The fourth-order valence-electron chi connectivity index (χ4n) is 4.25. The lowest BCUT2D eigenvalue weighted by molar-refractivity contribution is -0.126. The van der Waals surface area contributed by atoms with Crippen LogP contribution < -0.4 is 5.32 Å². The van der Waals surface area contributed by atoms with Crippen LogP contribution in [0.5, 0.6) is 0 Å². The summed E-state index contributed by atoms with van der Waals surface area (Å²) in [5.74, 6) is 2.13. The predicted octanol–water partition coefficient (Wildman–Crippen LogP) is 2.57. The largest absolute Gasteiger partial charge is 0.351 e. The van der Waals surface area contributed by atoms with E-state index in [4.69, 9.17) is 4.98 Å². The molecule has 1 aromatic carbocycles. The van der Waals surface area contributed by atoms with Gasteiger partial charge in [0.2, 0.25) is 5.91 Å². The Balaban J connectivity index is 1.48. The maximum atomic E-state index is 12.7. The molecule has 0 unspecified atom stereocenters. The van der Waals surface area contributed by atoms with E-state index in [1.807, 2.05) is 30.3 Å². The maximum Gasteiger partial charge on any atom is 0.223 e. The lowest BCUT2D eigenvalue weighted by atomic mass is 9.88. The highest BCUT2D eigenvalue weighted by Crippen LogP contribution is 2.28. The van der Waals surface area contributed by atoms with E-state index in [9.17, 15) is 4.79 Å². The maximum absolute atomic E-state index is 12.7. The molecule has 2 heterocycles. The van der Waals surface area contributed by atoms with Crippen molar-refractivity contribution in [3.63, 3.8) is 0 Å². The fraction of sp³-hybridized carbons (Fsp3) is 0.550. The molecular weight excluding hydrogens is 326 g/mol. The minimum absolute atomic E-state index is 0.0889. The summed E-state index contributed by atoms with van der Waals surface area (Å²) < 4.78 is 0. The Kier molecular flexibility index (Phi) is 5.02. The molecule has 6 nitrogen and oxygen atoms in total. The molecule has 4 rings (SSSR count). The van der Waals surface area contributed by atoms with Crippen LogP contribution in [0.25, 0.3) is 11.4 Å². The van der Waals surface area contributed by atoms with Gasteiger partial charge in [0, 0.05) is 24.6 Å². The summed E-state index contributed by atoms with van der Waals surface area (Å²) in [4.78, 5) is 19.7. The van der Waals surface area contributed by atoms with Gasteiger partial charge in [0.05, 0.1) is 12.0 Å². The molecule has 138 valence electrons. The number of H-pyrrole nitrogens is 1. The van der Waals surface area contributed by atoms with Crippen molar-refractivity contribution in [1.82, 2.24) is 25.4 Å². The molecule has 26 heavy (non-hydrogen) atoms. The molecule has 2 atom stereocenters. The van der Waals surface area contributed by atoms with Crippen LogP contribution in [0.4, 0.5) is 0 Å². The minimum atomic E-state index is 0.0889. The zero-order valence-corrected chi connectivity index (χ0v) is 15.3. The molecule has 1 aliphatic carbocycles. The van der Waals surface area contributed by atoms with Crippen LogP contribution >= 0.6 is 0 Å². The van der Waals surface area contributed by atoms with Crippen molar-refractivity contribution in [3.05, 3.63) is 36.2 Å². The average molecular weight is 353 g/mol. The number of carbonyl (C=O) groups excluding carboxylic acids is 1. The summed E-state index contributed by atoms with van der Waals surface area (Å²) in [6.07, 6.45) is 5.67. The molecule has 2 aliphatic rings. The van der Waals surface area contributed by atoms with Crippen LogP contribution in [0, 0.1) is 5.92 Å². The lowest BCUT2D eigenvalue weighted by Gasteiger charge is -2.24. The Bertz CT molecular complexity index is 738. The number of rotatable bonds is 4. The molecule has 0 spiro atoms. The van der Waals surface area contributed by atoms with Crippen molar-refractivity contribution in [2.45, 2.75) is 44.1 Å². The third-order valence-corrected chi connectivity index (χ3v) is 5.69. The van der Waals surface area contributed by atoms with E-state index in [1.165, 1.54) is 19.3 Å². The molecular formula is C20H27N5O. The molecule has 1 aliphatic heterocycles. The second-order valence-electron chi connectivity index (χ2n) is 7.69. The summed E-state index contributed by atoms with van der Waals surface area (Å²) in [5, 5.41) is 10.8. The summed E-state index contributed by atoms with van der Waals surface area (Å²) in [6.45, 7) is 1.73. The predicted molar refractivity (Wildman–Crippen MR) is 101 cm³/mol.